The second-order valence-corrected chi connectivity index (χ2v) is 6.43. The van der Waals surface area contributed by atoms with Crippen molar-refractivity contribution in [3.05, 3.63) is 30.1 Å². The molecule has 1 atom stereocenters. The number of carbonyl (C=O) groups is 3. The van der Waals surface area contributed by atoms with Crippen molar-refractivity contribution in [3.63, 3.8) is 0 Å². The lowest BCUT2D eigenvalue weighted by atomic mass is 10.3. The van der Waals surface area contributed by atoms with E-state index in [-0.39, 0.29) is 36.8 Å². The van der Waals surface area contributed by atoms with Crippen molar-refractivity contribution in [3.8, 4) is 0 Å². The van der Waals surface area contributed by atoms with Crippen molar-refractivity contribution in [2.24, 2.45) is 0 Å². The largest absolute Gasteiger partial charge is 0.450 e. The Kier molecular flexibility index (Phi) is 7.54. The van der Waals surface area contributed by atoms with Crippen LogP contribution in [0.15, 0.2) is 24.3 Å². The summed E-state index contributed by atoms with van der Waals surface area (Å²) in [5.74, 6) is -0.686. The fourth-order valence-corrected chi connectivity index (χ4v) is 2.80. The predicted octanol–water partition coefficient (Wildman–Crippen LogP) is -0.420. The Balaban J connectivity index is 1.73. The molecule has 9 heteroatoms. The van der Waals surface area contributed by atoms with Gasteiger partial charge in [-0.25, -0.2) is 9.18 Å². The Bertz CT molecular complexity index is 660. The number of carbonyl (C=O) groups excluding carboxylic acids is 3. The van der Waals surface area contributed by atoms with Crippen molar-refractivity contribution in [1.29, 1.82) is 0 Å². The van der Waals surface area contributed by atoms with Crippen molar-refractivity contribution < 1.29 is 28.4 Å². The minimum absolute atomic E-state index is 0.0643. The van der Waals surface area contributed by atoms with E-state index in [1.165, 1.54) is 24.3 Å². The fourth-order valence-electron chi connectivity index (χ4n) is 2.80. The van der Waals surface area contributed by atoms with Gasteiger partial charge in [0.2, 0.25) is 0 Å². The summed E-state index contributed by atoms with van der Waals surface area (Å²) in [6.07, 6.45) is -0.357. The van der Waals surface area contributed by atoms with E-state index in [1.54, 1.807) is 23.8 Å². The van der Waals surface area contributed by atoms with Crippen molar-refractivity contribution in [2.75, 3.05) is 58.2 Å². The highest BCUT2D eigenvalue weighted by molar-refractivity contribution is 5.91. The van der Waals surface area contributed by atoms with Crippen molar-refractivity contribution in [1.82, 2.24) is 9.80 Å². The molecule has 8 nitrogen and oxygen atoms in total. The molecule has 0 aromatic heterocycles. The van der Waals surface area contributed by atoms with Gasteiger partial charge in [-0.1, -0.05) is 0 Å². The number of hydrogen-bond acceptors (Lipinski definition) is 4. The Morgan fingerprint density at radius 2 is 1.67 bits per heavy atom. The summed E-state index contributed by atoms with van der Waals surface area (Å²) in [4.78, 5) is 40.1. The van der Waals surface area contributed by atoms with Crippen molar-refractivity contribution in [2.45, 2.75) is 6.92 Å². The summed E-state index contributed by atoms with van der Waals surface area (Å²) in [5.41, 5.74) is 0.510. The van der Waals surface area contributed by atoms with E-state index < -0.39 is 0 Å². The van der Waals surface area contributed by atoms with Crippen LogP contribution < -0.4 is 10.2 Å². The van der Waals surface area contributed by atoms with Crippen LogP contribution >= 0.6 is 0 Å². The number of hydrogen-bond donors (Lipinski definition) is 2. The van der Waals surface area contributed by atoms with Gasteiger partial charge >= 0.3 is 6.09 Å². The molecule has 1 aromatic rings. The maximum Gasteiger partial charge on any atom is 0.409 e. The molecule has 2 rings (SSSR count). The molecule has 27 heavy (non-hydrogen) atoms. The number of piperazine rings is 1. The molecule has 1 aromatic carbocycles. The van der Waals surface area contributed by atoms with Gasteiger partial charge in [0.15, 0.2) is 13.1 Å². The van der Waals surface area contributed by atoms with Crippen LogP contribution in [0.4, 0.5) is 14.9 Å². The number of likely N-dealkylation sites (N-methyl/N-ethyl adjacent to an activating group) is 1. The number of anilines is 1. The lowest BCUT2D eigenvalue weighted by Gasteiger charge is -2.34. The number of ether oxygens (including phenoxy) is 1. The molecule has 1 saturated heterocycles. The Hall–Kier alpha value is -2.68. The zero-order chi connectivity index (χ0) is 19.8. The summed E-state index contributed by atoms with van der Waals surface area (Å²) in [6, 6.07) is 5.50. The first-order valence-electron chi connectivity index (χ1n) is 8.95. The molecular formula is C18H26FN4O4+. The molecule has 2 N–H and O–H groups in total. The molecule has 1 fully saturated rings. The third-order valence-electron chi connectivity index (χ3n) is 4.20. The average molecular weight is 381 g/mol. The van der Waals surface area contributed by atoms with E-state index in [0.717, 1.165) is 4.90 Å². The van der Waals surface area contributed by atoms with Gasteiger partial charge in [-0.3, -0.25) is 9.59 Å². The molecule has 0 radical (unpaired) electrons. The second-order valence-electron chi connectivity index (χ2n) is 6.43. The molecule has 1 unspecified atom stereocenters. The maximum atomic E-state index is 12.9. The van der Waals surface area contributed by atoms with Gasteiger partial charge in [-0.05, 0) is 31.2 Å². The Labute approximate surface area is 157 Å². The monoisotopic (exact) mass is 381 g/mol. The highest BCUT2D eigenvalue weighted by Crippen LogP contribution is 2.07. The van der Waals surface area contributed by atoms with Gasteiger partial charge in [-0.15, -0.1) is 0 Å². The Morgan fingerprint density at radius 1 is 1.07 bits per heavy atom. The summed E-state index contributed by atoms with van der Waals surface area (Å²) < 4.78 is 17.8. The van der Waals surface area contributed by atoms with Gasteiger partial charge < -0.3 is 24.8 Å². The molecular weight excluding hydrogens is 355 g/mol. The normalized spacial score (nSPS) is 15.2. The Morgan fingerprint density at radius 3 is 2.26 bits per heavy atom. The third kappa shape index (κ3) is 6.52. The molecule has 148 valence electrons. The zero-order valence-electron chi connectivity index (χ0n) is 15.7. The number of nitrogens with zero attached hydrogens (tertiary/aromatic N) is 2. The van der Waals surface area contributed by atoms with Gasteiger partial charge in [0.1, 0.15) is 5.82 Å². The first kappa shape index (κ1) is 20.6. The van der Waals surface area contributed by atoms with E-state index in [2.05, 4.69) is 5.32 Å². The quantitative estimate of drug-likeness (QED) is 0.701. The highest BCUT2D eigenvalue weighted by atomic mass is 19.1. The van der Waals surface area contributed by atoms with E-state index >= 15 is 0 Å². The van der Waals surface area contributed by atoms with Crippen LogP contribution in [0.5, 0.6) is 0 Å². The van der Waals surface area contributed by atoms with Crippen LogP contribution in [0.25, 0.3) is 0 Å². The first-order valence-corrected chi connectivity index (χ1v) is 8.95. The van der Waals surface area contributed by atoms with E-state index in [4.69, 9.17) is 4.74 Å². The number of rotatable bonds is 6. The summed E-state index contributed by atoms with van der Waals surface area (Å²) in [6.45, 7) is 4.15. The molecule has 1 aliphatic rings. The molecule has 0 aliphatic carbocycles. The molecule has 0 spiro atoms. The SMILES string of the molecule is CCOC(=O)N1CCN(C(=O)C[NH+](C)CC(=O)Nc2ccc(F)cc2)CC1. The van der Waals surface area contributed by atoms with E-state index in [1.807, 2.05) is 0 Å². The van der Waals surface area contributed by atoms with Crippen LogP contribution in [0.1, 0.15) is 6.92 Å². The first-order chi connectivity index (χ1) is 12.9. The standard InChI is InChI=1S/C18H25FN4O4/c1-3-27-18(26)23-10-8-22(9-11-23)17(25)13-21(2)12-16(24)20-15-6-4-14(19)5-7-15/h4-7H,3,8-13H2,1-2H3,(H,20,24)/p+1. The third-order valence-corrected chi connectivity index (χ3v) is 4.20. The van der Waals surface area contributed by atoms with E-state index in [9.17, 15) is 18.8 Å². The lowest BCUT2D eigenvalue weighted by Crippen LogP contribution is -3.11. The van der Waals surface area contributed by atoms with Gasteiger partial charge in [0.25, 0.3) is 11.8 Å². The number of amides is 3. The van der Waals surface area contributed by atoms with Crippen molar-refractivity contribution >= 4 is 23.6 Å². The minimum Gasteiger partial charge on any atom is -0.450 e. The van der Waals surface area contributed by atoms with Gasteiger partial charge in [0, 0.05) is 31.9 Å². The fraction of sp³-hybridized carbons (Fsp3) is 0.500. The lowest BCUT2D eigenvalue weighted by molar-refractivity contribution is -0.862. The number of benzene rings is 1. The topological polar surface area (TPSA) is 83.4 Å². The predicted molar refractivity (Wildman–Crippen MR) is 96.8 cm³/mol. The zero-order valence-corrected chi connectivity index (χ0v) is 15.7. The number of quaternary nitrogens is 1. The number of nitrogens with one attached hydrogen (secondary N) is 2. The van der Waals surface area contributed by atoms with Crippen LogP contribution in [-0.2, 0) is 14.3 Å². The minimum atomic E-state index is -0.371. The van der Waals surface area contributed by atoms with Crippen LogP contribution in [0.3, 0.4) is 0 Å². The van der Waals surface area contributed by atoms with Crippen LogP contribution in [0, 0.1) is 5.82 Å². The van der Waals surface area contributed by atoms with Crippen LogP contribution in [0.2, 0.25) is 0 Å². The molecule has 3 amide bonds. The van der Waals surface area contributed by atoms with Gasteiger partial charge in [-0.2, -0.15) is 0 Å². The smallest absolute Gasteiger partial charge is 0.409 e. The van der Waals surface area contributed by atoms with Gasteiger partial charge in [0.05, 0.1) is 13.7 Å². The molecule has 0 bridgehead atoms. The highest BCUT2D eigenvalue weighted by Gasteiger charge is 2.26. The average Bonchev–Trinajstić information content (AvgIpc) is 2.63. The summed E-state index contributed by atoms with van der Waals surface area (Å²) >= 11 is 0. The number of halogens is 1. The van der Waals surface area contributed by atoms with Crippen LogP contribution in [-0.4, -0.2) is 80.6 Å². The van der Waals surface area contributed by atoms with E-state index in [0.29, 0.717) is 38.5 Å². The maximum absolute atomic E-state index is 12.9. The molecule has 0 saturated carbocycles. The molecule has 1 aliphatic heterocycles. The summed E-state index contributed by atoms with van der Waals surface area (Å²) in [7, 11) is 1.76. The summed E-state index contributed by atoms with van der Waals surface area (Å²) in [5, 5.41) is 2.67. The second kappa shape index (κ2) is 9.86. The molecule has 1 heterocycles.